The van der Waals surface area contributed by atoms with Gasteiger partial charge in [-0.3, -0.25) is 14.9 Å². The third kappa shape index (κ3) is 7.42. The Bertz CT molecular complexity index is 1210. The van der Waals surface area contributed by atoms with Crippen LogP contribution in [0.2, 0.25) is 0 Å². The van der Waals surface area contributed by atoms with Crippen LogP contribution in [-0.2, 0) is 15.8 Å². The summed E-state index contributed by atoms with van der Waals surface area (Å²) < 4.78 is 38.3. The molecular formula is C26H25F3N4O3. The molecule has 0 heterocycles. The molecule has 3 rings (SSSR count). The average Bonchev–Trinajstić information content (AvgIpc) is 2.85. The number of carbonyl (C=O) groups is 2. The highest BCUT2D eigenvalue weighted by Gasteiger charge is 2.30. The van der Waals surface area contributed by atoms with Crippen LogP contribution in [0.25, 0.3) is 6.08 Å². The van der Waals surface area contributed by atoms with Crippen molar-refractivity contribution in [1.82, 2.24) is 5.32 Å². The summed E-state index contributed by atoms with van der Waals surface area (Å²) >= 11 is 0. The summed E-state index contributed by atoms with van der Waals surface area (Å²) in [4.78, 5) is 25.0. The molecule has 0 fully saturated rings. The molecule has 0 aliphatic carbocycles. The Hall–Kier alpha value is -4.15. The molecule has 1 unspecified atom stereocenters. The van der Waals surface area contributed by atoms with E-state index in [-0.39, 0.29) is 24.7 Å². The van der Waals surface area contributed by atoms with E-state index in [0.717, 1.165) is 12.1 Å². The normalized spacial score (nSPS) is 12.3. The first-order chi connectivity index (χ1) is 17.2. The van der Waals surface area contributed by atoms with Crippen LogP contribution < -0.4 is 21.7 Å². The number of para-hydroxylation sites is 2. The number of amides is 2. The fourth-order valence-electron chi connectivity index (χ4n) is 3.28. The van der Waals surface area contributed by atoms with Gasteiger partial charge in [-0.25, -0.2) is 0 Å². The predicted molar refractivity (Wildman–Crippen MR) is 133 cm³/mol. The van der Waals surface area contributed by atoms with Gasteiger partial charge in [0.25, 0.3) is 0 Å². The molecule has 1 atom stereocenters. The molecule has 7 nitrogen and oxygen atoms in total. The molecule has 10 heteroatoms. The van der Waals surface area contributed by atoms with Crippen LogP contribution in [0.4, 0.5) is 30.2 Å². The molecule has 0 spiro atoms. The number of halogens is 3. The van der Waals surface area contributed by atoms with Crippen molar-refractivity contribution in [2.45, 2.75) is 12.2 Å². The first-order valence-corrected chi connectivity index (χ1v) is 10.9. The largest absolute Gasteiger partial charge is 0.416 e. The fraction of sp³-hybridized carbons (Fsp3) is 0.154. The third-order valence-electron chi connectivity index (χ3n) is 5.12. The minimum Gasteiger partial charge on any atom is -0.397 e. The standard InChI is InChI=1S/C26H25F3N4O3/c27-26(28,29)19-10-12-20(13-11-19)32-25(36)24(31-15-16-34)18-8-5-17(6-9-18)7-14-23(35)33-22-4-2-1-3-21(22)30/h1-14,24,31,34H,15-16,30H2,(H,32,36)(H,33,35). The van der Waals surface area contributed by atoms with Crippen molar-refractivity contribution in [3.05, 3.63) is 95.6 Å². The Morgan fingerprint density at radius 3 is 2.22 bits per heavy atom. The number of rotatable bonds is 9. The zero-order valence-electron chi connectivity index (χ0n) is 19.0. The molecule has 188 valence electrons. The highest BCUT2D eigenvalue weighted by Crippen LogP contribution is 2.30. The predicted octanol–water partition coefficient (Wildman–Crippen LogP) is 4.20. The van der Waals surface area contributed by atoms with E-state index in [2.05, 4.69) is 16.0 Å². The van der Waals surface area contributed by atoms with Gasteiger partial charge in [-0.2, -0.15) is 13.2 Å². The van der Waals surface area contributed by atoms with Gasteiger partial charge in [0, 0.05) is 18.3 Å². The Morgan fingerprint density at radius 2 is 1.61 bits per heavy atom. The SMILES string of the molecule is Nc1ccccc1NC(=O)C=Cc1ccc(C(NCCO)C(=O)Nc2ccc(C(F)(F)F)cc2)cc1. The van der Waals surface area contributed by atoms with E-state index >= 15 is 0 Å². The maximum atomic E-state index is 12.8. The van der Waals surface area contributed by atoms with Crippen LogP contribution in [0.1, 0.15) is 22.7 Å². The van der Waals surface area contributed by atoms with Crippen LogP contribution in [0.3, 0.4) is 0 Å². The van der Waals surface area contributed by atoms with Crippen LogP contribution in [0.15, 0.2) is 78.9 Å². The molecule has 0 bridgehead atoms. The molecule has 0 saturated heterocycles. The van der Waals surface area contributed by atoms with Gasteiger partial charge in [-0.15, -0.1) is 0 Å². The number of aliphatic hydroxyl groups is 1. The first kappa shape index (κ1) is 26.5. The van der Waals surface area contributed by atoms with Crippen molar-refractivity contribution in [3.63, 3.8) is 0 Å². The second-order valence-electron chi connectivity index (χ2n) is 7.75. The number of anilines is 3. The third-order valence-corrected chi connectivity index (χ3v) is 5.12. The summed E-state index contributed by atoms with van der Waals surface area (Å²) in [5, 5.41) is 17.3. The molecule has 0 aliphatic rings. The number of alkyl halides is 3. The van der Waals surface area contributed by atoms with Gasteiger partial charge in [0.15, 0.2) is 0 Å². The summed E-state index contributed by atoms with van der Waals surface area (Å²) in [6.45, 7) is -0.0958. The lowest BCUT2D eigenvalue weighted by Gasteiger charge is -2.19. The van der Waals surface area contributed by atoms with Crippen LogP contribution in [0.5, 0.6) is 0 Å². The van der Waals surface area contributed by atoms with Gasteiger partial charge >= 0.3 is 6.18 Å². The topological polar surface area (TPSA) is 116 Å². The Balaban J connectivity index is 1.67. The van der Waals surface area contributed by atoms with Crippen molar-refractivity contribution in [3.8, 4) is 0 Å². The molecule has 36 heavy (non-hydrogen) atoms. The molecule has 0 saturated carbocycles. The number of nitrogens with one attached hydrogen (secondary N) is 3. The maximum Gasteiger partial charge on any atom is 0.416 e. The minimum atomic E-state index is -4.47. The zero-order chi connectivity index (χ0) is 26.1. The minimum absolute atomic E-state index is 0.121. The van der Waals surface area contributed by atoms with E-state index in [1.54, 1.807) is 54.6 Å². The highest BCUT2D eigenvalue weighted by molar-refractivity contribution is 6.03. The molecule has 0 aliphatic heterocycles. The van der Waals surface area contributed by atoms with E-state index in [4.69, 9.17) is 5.73 Å². The maximum absolute atomic E-state index is 12.8. The second-order valence-corrected chi connectivity index (χ2v) is 7.75. The van der Waals surface area contributed by atoms with E-state index in [1.165, 1.54) is 18.2 Å². The van der Waals surface area contributed by atoms with Crippen LogP contribution in [0, 0.1) is 0 Å². The van der Waals surface area contributed by atoms with E-state index < -0.39 is 23.7 Å². The molecular weight excluding hydrogens is 473 g/mol. The quantitative estimate of drug-likeness (QED) is 0.224. The summed E-state index contributed by atoms with van der Waals surface area (Å²) in [7, 11) is 0. The highest BCUT2D eigenvalue weighted by atomic mass is 19.4. The lowest BCUT2D eigenvalue weighted by atomic mass is 10.0. The lowest BCUT2D eigenvalue weighted by molar-refractivity contribution is -0.137. The van der Waals surface area contributed by atoms with Gasteiger partial charge in [0.1, 0.15) is 6.04 Å². The van der Waals surface area contributed by atoms with Crippen molar-refractivity contribution in [2.24, 2.45) is 0 Å². The number of hydrogen-bond donors (Lipinski definition) is 5. The molecule has 0 aromatic heterocycles. The molecule has 0 radical (unpaired) electrons. The smallest absolute Gasteiger partial charge is 0.397 e. The number of aliphatic hydroxyl groups excluding tert-OH is 1. The number of benzene rings is 3. The van der Waals surface area contributed by atoms with Gasteiger partial charge < -0.3 is 21.5 Å². The summed E-state index contributed by atoms with van der Waals surface area (Å²) in [6, 6.07) is 16.9. The van der Waals surface area contributed by atoms with Crippen LogP contribution in [-0.4, -0.2) is 30.1 Å². The number of carbonyl (C=O) groups excluding carboxylic acids is 2. The lowest BCUT2D eigenvalue weighted by Crippen LogP contribution is -2.34. The molecule has 2 amide bonds. The van der Waals surface area contributed by atoms with Gasteiger partial charge in [-0.1, -0.05) is 36.4 Å². The fourth-order valence-corrected chi connectivity index (χ4v) is 3.28. The first-order valence-electron chi connectivity index (χ1n) is 10.9. The van der Waals surface area contributed by atoms with E-state index in [1.807, 2.05) is 0 Å². The van der Waals surface area contributed by atoms with Gasteiger partial charge in [0.05, 0.1) is 23.5 Å². The second kappa shape index (κ2) is 12.0. The molecule has 3 aromatic rings. The summed E-state index contributed by atoms with van der Waals surface area (Å²) in [5.41, 5.74) is 7.40. The zero-order valence-corrected chi connectivity index (χ0v) is 19.0. The van der Waals surface area contributed by atoms with E-state index in [9.17, 15) is 27.9 Å². The Kier molecular flexibility index (Phi) is 8.82. The van der Waals surface area contributed by atoms with Crippen molar-refractivity contribution in [2.75, 3.05) is 29.5 Å². The van der Waals surface area contributed by atoms with Gasteiger partial charge in [0.2, 0.25) is 11.8 Å². The molecule has 6 N–H and O–H groups in total. The number of nitrogen functional groups attached to an aromatic ring is 1. The van der Waals surface area contributed by atoms with Crippen molar-refractivity contribution in [1.29, 1.82) is 0 Å². The van der Waals surface area contributed by atoms with Crippen molar-refractivity contribution >= 4 is 35.0 Å². The van der Waals surface area contributed by atoms with E-state index in [0.29, 0.717) is 22.5 Å². The average molecular weight is 499 g/mol. The summed E-state index contributed by atoms with van der Waals surface area (Å²) in [5.74, 6) is -0.873. The number of nitrogens with two attached hydrogens (primary N) is 1. The van der Waals surface area contributed by atoms with Gasteiger partial charge in [-0.05, 0) is 53.6 Å². The van der Waals surface area contributed by atoms with Crippen molar-refractivity contribution < 1.29 is 27.9 Å². The molecule has 3 aromatic carbocycles. The summed E-state index contributed by atoms with van der Waals surface area (Å²) in [6.07, 6.45) is -1.53. The number of hydrogen-bond acceptors (Lipinski definition) is 5. The van der Waals surface area contributed by atoms with Crippen LogP contribution >= 0.6 is 0 Å². The monoisotopic (exact) mass is 498 g/mol. The Labute approximate surface area is 205 Å². The Morgan fingerprint density at radius 1 is 0.944 bits per heavy atom.